The number of nitro groups is 1. The Morgan fingerprint density at radius 1 is 1.52 bits per heavy atom. The van der Waals surface area contributed by atoms with Gasteiger partial charge in [-0.1, -0.05) is 6.07 Å². The molecule has 1 aromatic carbocycles. The van der Waals surface area contributed by atoms with Crippen LogP contribution in [0.25, 0.3) is 0 Å². The van der Waals surface area contributed by atoms with Crippen LogP contribution >= 0.6 is 0 Å². The molecule has 1 rings (SSSR count). The molecule has 0 saturated heterocycles. The topological polar surface area (TPSA) is 88.2 Å². The first kappa shape index (κ1) is 16.9. The van der Waals surface area contributed by atoms with E-state index < -0.39 is 10.5 Å². The van der Waals surface area contributed by atoms with E-state index in [1.807, 2.05) is 13.8 Å². The second-order valence-electron chi connectivity index (χ2n) is 5.57. The minimum atomic E-state index is -0.715. The first-order valence-corrected chi connectivity index (χ1v) is 6.84. The van der Waals surface area contributed by atoms with Gasteiger partial charge in [0.2, 0.25) is 0 Å². The summed E-state index contributed by atoms with van der Waals surface area (Å²) in [6, 6.07) is 7.22. The van der Waals surface area contributed by atoms with E-state index in [1.165, 1.54) is 6.07 Å². The SMILES string of the molecule is Cc1ccc(OCCC(C)(C#N)NC(C)C)c([N+](=O)[O-])c1. The molecule has 0 aliphatic carbocycles. The van der Waals surface area contributed by atoms with E-state index in [4.69, 9.17) is 4.74 Å². The zero-order valence-corrected chi connectivity index (χ0v) is 12.8. The summed E-state index contributed by atoms with van der Waals surface area (Å²) in [6.45, 7) is 7.73. The average Bonchev–Trinajstić information content (AvgIpc) is 2.39. The molecule has 0 fully saturated rings. The van der Waals surface area contributed by atoms with Gasteiger partial charge in [-0.25, -0.2) is 0 Å². The van der Waals surface area contributed by atoms with Crippen molar-refractivity contribution in [1.82, 2.24) is 5.32 Å². The summed E-state index contributed by atoms with van der Waals surface area (Å²) in [4.78, 5) is 10.5. The number of nitriles is 1. The van der Waals surface area contributed by atoms with Gasteiger partial charge in [-0.3, -0.25) is 15.4 Å². The third-order valence-corrected chi connectivity index (χ3v) is 3.02. The Morgan fingerprint density at radius 2 is 2.19 bits per heavy atom. The van der Waals surface area contributed by atoms with E-state index in [9.17, 15) is 15.4 Å². The fraction of sp³-hybridized carbons (Fsp3) is 0.533. The van der Waals surface area contributed by atoms with Crippen LogP contribution in [0.1, 0.15) is 32.8 Å². The summed E-state index contributed by atoms with van der Waals surface area (Å²) < 4.78 is 5.50. The van der Waals surface area contributed by atoms with Gasteiger partial charge in [-0.15, -0.1) is 0 Å². The molecule has 0 aliphatic rings. The van der Waals surface area contributed by atoms with Gasteiger partial charge in [0, 0.05) is 18.5 Å². The van der Waals surface area contributed by atoms with Crippen LogP contribution in [0.4, 0.5) is 5.69 Å². The summed E-state index contributed by atoms with van der Waals surface area (Å²) in [5.41, 5.74) is 0.0380. The van der Waals surface area contributed by atoms with Crippen LogP contribution in [0.15, 0.2) is 18.2 Å². The number of rotatable bonds is 7. The maximum Gasteiger partial charge on any atom is 0.311 e. The Hall–Kier alpha value is -2.13. The first-order chi connectivity index (χ1) is 9.77. The lowest BCUT2D eigenvalue weighted by atomic mass is 9.99. The van der Waals surface area contributed by atoms with Crippen molar-refractivity contribution in [3.8, 4) is 11.8 Å². The molecule has 0 saturated carbocycles. The summed E-state index contributed by atoms with van der Waals surface area (Å²) in [5, 5.41) is 23.4. The van der Waals surface area contributed by atoms with E-state index in [0.29, 0.717) is 6.42 Å². The first-order valence-electron chi connectivity index (χ1n) is 6.84. The van der Waals surface area contributed by atoms with Gasteiger partial charge in [0.1, 0.15) is 5.54 Å². The number of aryl methyl sites for hydroxylation is 1. The van der Waals surface area contributed by atoms with Gasteiger partial charge in [-0.05, 0) is 39.3 Å². The highest BCUT2D eigenvalue weighted by Gasteiger charge is 2.25. The molecule has 0 bridgehead atoms. The molecule has 0 amide bonds. The fourth-order valence-corrected chi connectivity index (χ4v) is 2.05. The number of hydrogen-bond acceptors (Lipinski definition) is 5. The van der Waals surface area contributed by atoms with Crippen molar-refractivity contribution in [2.75, 3.05) is 6.61 Å². The monoisotopic (exact) mass is 291 g/mol. The molecule has 1 N–H and O–H groups in total. The molecule has 21 heavy (non-hydrogen) atoms. The quantitative estimate of drug-likeness (QED) is 0.616. The normalized spacial score (nSPS) is 13.5. The van der Waals surface area contributed by atoms with Crippen molar-refractivity contribution >= 4 is 5.69 Å². The van der Waals surface area contributed by atoms with Crippen LogP contribution in [-0.2, 0) is 0 Å². The fourth-order valence-electron chi connectivity index (χ4n) is 2.05. The Kier molecular flexibility index (Phi) is 5.68. The van der Waals surface area contributed by atoms with Gasteiger partial charge < -0.3 is 4.74 Å². The van der Waals surface area contributed by atoms with Gasteiger partial charge in [0.15, 0.2) is 5.75 Å². The molecule has 0 aromatic heterocycles. The zero-order chi connectivity index (χ0) is 16.0. The summed E-state index contributed by atoms with van der Waals surface area (Å²) in [7, 11) is 0. The van der Waals surface area contributed by atoms with E-state index in [1.54, 1.807) is 26.0 Å². The molecule has 0 radical (unpaired) electrons. The van der Waals surface area contributed by atoms with Gasteiger partial charge in [0.05, 0.1) is 17.6 Å². The minimum absolute atomic E-state index is 0.0505. The highest BCUT2D eigenvalue weighted by Crippen LogP contribution is 2.28. The van der Waals surface area contributed by atoms with Crippen molar-refractivity contribution < 1.29 is 9.66 Å². The highest BCUT2D eigenvalue weighted by molar-refractivity contribution is 5.48. The van der Waals surface area contributed by atoms with Gasteiger partial charge >= 0.3 is 5.69 Å². The standard InChI is InChI=1S/C15H21N3O3/c1-11(2)17-15(4,10-16)7-8-21-14-6-5-12(3)9-13(14)18(19)20/h5-6,9,11,17H,7-8H2,1-4H3. The van der Waals surface area contributed by atoms with Crippen LogP contribution in [0, 0.1) is 28.4 Å². The van der Waals surface area contributed by atoms with Gasteiger partial charge in [-0.2, -0.15) is 5.26 Å². The van der Waals surface area contributed by atoms with E-state index >= 15 is 0 Å². The summed E-state index contributed by atoms with van der Waals surface area (Å²) in [6.07, 6.45) is 0.437. The number of hydrogen-bond donors (Lipinski definition) is 1. The third kappa shape index (κ3) is 5.04. The van der Waals surface area contributed by atoms with Crippen LogP contribution < -0.4 is 10.1 Å². The third-order valence-electron chi connectivity index (χ3n) is 3.02. The number of ether oxygens (including phenoxy) is 1. The minimum Gasteiger partial charge on any atom is -0.487 e. The maximum absolute atomic E-state index is 11.0. The molecule has 6 heteroatoms. The molecule has 1 unspecified atom stereocenters. The van der Waals surface area contributed by atoms with Crippen molar-refractivity contribution in [3.63, 3.8) is 0 Å². The van der Waals surface area contributed by atoms with Crippen molar-refractivity contribution in [2.45, 2.75) is 45.7 Å². The Balaban J connectivity index is 2.72. The maximum atomic E-state index is 11.0. The van der Waals surface area contributed by atoms with Crippen molar-refractivity contribution in [3.05, 3.63) is 33.9 Å². The molecule has 114 valence electrons. The smallest absolute Gasteiger partial charge is 0.311 e. The lowest BCUT2D eigenvalue weighted by molar-refractivity contribution is -0.385. The zero-order valence-electron chi connectivity index (χ0n) is 12.8. The van der Waals surface area contributed by atoms with E-state index in [2.05, 4.69) is 11.4 Å². The number of nitro benzene ring substituents is 1. The van der Waals surface area contributed by atoms with Crippen LogP contribution in [-0.4, -0.2) is 23.1 Å². The second-order valence-corrected chi connectivity index (χ2v) is 5.57. The Bertz CT molecular complexity index is 552. The molecule has 1 atom stereocenters. The Labute approximate surface area is 124 Å². The van der Waals surface area contributed by atoms with Crippen LogP contribution in [0.3, 0.4) is 0 Å². The van der Waals surface area contributed by atoms with E-state index in [-0.39, 0.29) is 24.1 Å². The second kappa shape index (κ2) is 7.04. The molecular formula is C15H21N3O3. The molecule has 1 aromatic rings. The number of benzene rings is 1. The lowest BCUT2D eigenvalue weighted by Crippen LogP contribution is -2.45. The lowest BCUT2D eigenvalue weighted by Gasteiger charge is -2.25. The number of nitrogens with zero attached hydrogens (tertiary/aromatic N) is 2. The van der Waals surface area contributed by atoms with Crippen molar-refractivity contribution in [2.24, 2.45) is 0 Å². The van der Waals surface area contributed by atoms with Gasteiger partial charge in [0.25, 0.3) is 0 Å². The largest absolute Gasteiger partial charge is 0.487 e. The highest BCUT2D eigenvalue weighted by atomic mass is 16.6. The molecular weight excluding hydrogens is 270 g/mol. The molecule has 0 spiro atoms. The summed E-state index contributed by atoms with van der Waals surface area (Å²) in [5.74, 6) is 0.232. The van der Waals surface area contributed by atoms with E-state index in [0.717, 1.165) is 5.56 Å². The van der Waals surface area contributed by atoms with Crippen LogP contribution in [0.5, 0.6) is 5.75 Å². The molecule has 0 aliphatic heterocycles. The number of nitrogens with one attached hydrogen (secondary N) is 1. The predicted octanol–water partition coefficient (Wildman–Crippen LogP) is 2.95. The Morgan fingerprint density at radius 3 is 2.71 bits per heavy atom. The van der Waals surface area contributed by atoms with Crippen LogP contribution in [0.2, 0.25) is 0 Å². The average molecular weight is 291 g/mol. The molecule has 0 heterocycles. The summed E-state index contributed by atoms with van der Waals surface area (Å²) >= 11 is 0. The van der Waals surface area contributed by atoms with Crippen molar-refractivity contribution in [1.29, 1.82) is 5.26 Å². The molecule has 6 nitrogen and oxygen atoms in total. The predicted molar refractivity (Wildman–Crippen MR) is 80.2 cm³/mol.